The molecule has 6 nitrogen and oxygen atoms in total. The van der Waals surface area contributed by atoms with E-state index in [1.54, 1.807) is 6.07 Å². The highest BCUT2D eigenvalue weighted by Crippen LogP contribution is 2.17. The molecule has 1 atom stereocenters. The fraction of sp³-hybridized carbons (Fsp3) is 0.562. The maximum Gasteiger partial charge on any atom is 0.306 e. The molecule has 0 bridgehead atoms. The van der Waals surface area contributed by atoms with Gasteiger partial charge in [-0.1, -0.05) is 0 Å². The van der Waals surface area contributed by atoms with Crippen LogP contribution in [-0.2, 0) is 19.1 Å². The van der Waals surface area contributed by atoms with Crippen LogP contribution in [0.15, 0.2) is 12.1 Å². The number of carbonyl (C=O) groups is 3. The Hall–Kier alpha value is -1.73. The first-order valence-corrected chi connectivity index (χ1v) is 8.50. The van der Waals surface area contributed by atoms with Crippen molar-refractivity contribution in [1.82, 2.24) is 5.32 Å². The number of Topliss-reactive ketones (excluding diaryl/α,β-unsaturated/α-hetero) is 1. The average Bonchev–Trinajstić information content (AvgIpc) is 3.19. The molecule has 0 spiro atoms. The summed E-state index contributed by atoms with van der Waals surface area (Å²) >= 11 is 1.41. The van der Waals surface area contributed by atoms with Crippen LogP contribution in [0.25, 0.3) is 0 Å². The molecule has 0 radical (unpaired) electrons. The molecule has 7 heteroatoms. The number of nitrogens with one attached hydrogen (secondary N) is 1. The van der Waals surface area contributed by atoms with Crippen molar-refractivity contribution in [3.8, 4) is 0 Å². The minimum absolute atomic E-state index is 0.0191. The number of rotatable bonds is 8. The Bertz CT molecular complexity index is 563. The SMILES string of the molecule is Cc1ccc(C(=O)CCC(=O)OCC(=O)NC[C@@H]2CCCO2)s1. The van der Waals surface area contributed by atoms with Crippen LogP contribution < -0.4 is 5.32 Å². The second-order valence-electron chi connectivity index (χ2n) is 5.43. The molecule has 126 valence electrons. The van der Waals surface area contributed by atoms with Crippen LogP contribution in [0.5, 0.6) is 0 Å². The monoisotopic (exact) mass is 339 g/mol. The van der Waals surface area contributed by atoms with Crippen molar-refractivity contribution in [2.24, 2.45) is 0 Å². The van der Waals surface area contributed by atoms with Gasteiger partial charge in [-0.3, -0.25) is 14.4 Å². The normalized spacial score (nSPS) is 17.0. The van der Waals surface area contributed by atoms with Gasteiger partial charge in [-0.05, 0) is 31.9 Å². The molecule has 0 saturated carbocycles. The van der Waals surface area contributed by atoms with Crippen molar-refractivity contribution in [3.05, 3.63) is 21.9 Å². The van der Waals surface area contributed by atoms with Crippen LogP contribution in [-0.4, -0.2) is 43.5 Å². The third-order valence-electron chi connectivity index (χ3n) is 3.49. The van der Waals surface area contributed by atoms with Gasteiger partial charge >= 0.3 is 5.97 Å². The molecular weight excluding hydrogens is 318 g/mol. The topological polar surface area (TPSA) is 81.7 Å². The molecule has 23 heavy (non-hydrogen) atoms. The number of thiophene rings is 1. The van der Waals surface area contributed by atoms with Crippen molar-refractivity contribution < 1.29 is 23.9 Å². The molecule has 0 aromatic carbocycles. The third kappa shape index (κ3) is 6.11. The van der Waals surface area contributed by atoms with E-state index >= 15 is 0 Å². The highest BCUT2D eigenvalue weighted by molar-refractivity contribution is 7.14. The van der Waals surface area contributed by atoms with E-state index in [2.05, 4.69) is 5.32 Å². The van der Waals surface area contributed by atoms with Crippen molar-refractivity contribution >= 4 is 29.0 Å². The summed E-state index contributed by atoms with van der Waals surface area (Å²) < 4.78 is 10.2. The summed E-state index contributed by atoms with van der Waals surface area (Å²) in [5.74, 6) is -0.976. The fourth-order valence-corrected chi connectivity index (χ4v) is 3.06. The number of ether oxygens (including phenoxy) is 2. The van der Waals surface area contributed by atoms with E-state index in [1.807, 2.05) is 13.0 Å². The number of ketones is 1. The van der Waals surface area contributed by atoms with Crippen molar-refractivity contribution in [3.63, 3.8) is 0 Å². The summed E-state index contributed by atoms with van der Waals surface area (Å²) in [6, 6.07) is 3.63. The Morgan fingerprint density at radius 2 is 2.17 bits per heavy atom. The number of hydrogen-bond donors (Lipinski definition) is 1. The van der Waals surface area contributed by atoms with Crippen LogP contribution in [0.2, 0.25) is 0 Å². The summed E-state index contributed by atoms with van der Waals surface area (Å²) in [5.41, 5.74) is 0. The zero-order chi connectivity index (χ0) is 16.7. The van der Waals surface area contributed by atoms with Crippen LogP contribution in [0.3, 0.4) is 0 Å². The molecule has 1 aliphatic heterocycles. The number of esters is 1. The first-order valence-electron chi connectivity index (χ1n) is 7.68. The molecule has 1 aliphatic rings. The Balaban J connectivity index is 1.58. The Kier molecular flexibility index (Phi) is 6.73. The molecule has 2 heterocycles. The summed E-state index contributed by atoms with van der Waals surface area (Å²) in [7, 11) is 0. The van der Waals surface area contributed by atoms with Crippen LogP contribution in [0.4, 0.5) is 0 Å². The van der Waals surface area contributed by atoms with Crippen molar-refractivity contribution in [2.75, 3.05) is 19.8 Å². The summed E-state index contributed by atoms with van der Waals surface area (Å²) in [6.45, 7) is 2.77. The molecule has 1 fully saturated rings. The average molecular weight is 339 g/mol. The molecule has 1 aromatic rings. The zero-order valence-corrected chi connectivity index (χ0v) is 13.9. The van der Waals surface area contributed by atoms with Gasteiger partial charge in [-0.25, -0.2) is 0 Å². The Morgan fingerprint density at radius 1 is 1.35 bits per heavy atom. The zero-order valence-electron chi connectivity index (χ0n) is 13.1. The highest BCUT2D eigenvalue weighted by atomic mass is 32.1. The van der Waals surface area contributed by atoms with Gasteiger partial charge in [0.25, 0.3) is 5.91 Å². The summed E-state index contributed by atoms with van der Waals surface area (Å²) in [5, 5.41) is 2.67. The van der Waals surface area contributed by atoms with Gasteiger partial charge in [0, 0.05) is 24.4 Å². The van der Waals surface area contributed by atoms with Crippen LogP contribution in [0, 0.1) is 6.92 Å². The third-order valence-corrected chi connectivity index (χ3v) is 4.53. The van der Waals surface area contributed by atoms with Gasteiger partial charge in [0.2, 0.25) is 0 Å². The lowest BCUT2D eigenvalue weighted by molar-refractivity contribution is -0.148. The van der Waals surface area contributed by atoms with Crippen LogP contribution >= 0.6 is 11.3 Å². The molecule has 1 saturated heterocycles. The van der Waals surface area contributed by atoms with E-state index in [1.165, 1.54) is 11.3 Å². The minimum Gasteiger partial charge on any atom is -0.456 e. The first kappa shape index (κ1) is 17.6. The van der Waals surface area contributed by atoms with Gasteiger partial charge in [-0.15, -0.1) is 11.3 Å². The number of amides is 1. The molecule has 1 N–H and O–H groups in total. The summed E-state index contributed by atoms with van der Waals surface area (Å²) in [4.78, 5) is 36.7. The Labute approximate surface area is 139 Å². The van der Waals surface area contributed by atoms with E-state index in [4.69, 9.17) is 9.47 Å². The highest BCUT2D eigenvalue weighted by Gasteiger charge is 2.17. The van der Waals surface area contributed by atoms with E-state index < -0.39 is 5.97 Å². The van der Waals surface area contributed by atoms with E-state index in [0.717, 1.165) is 24.3 Å². The molecule has 0 unspecified atom stereocenters. The van der Waals surface area contributed by atoms with Gasteiger partial charge in [0.15, 0.2) is 12.4 Å². The lowest BCUT2D eigenvalue weighted by atomic mass is 10.2. The molecular formula is C16H21NO5S. The second kappa shape index (κ2) is 8.79. The largest absolute Gasteiger partial charge is 0.456 e. The molecule has 1 aromatic heterocycles. The van der Waals surface area contributed by atoms with E-state index in [-0.39, 0.29) is 37.2 Å². The van der Waals surface area contributed by atoms with Crippen molar-refractivity contribution in [2.45, 2.75) is 38.7 Å². The second-order valence-corrected chi connectivity index (χ2v) is 6.72. The number of hydrogen-bond acceptors (Lipinski definition) is 6. The molecule has 1 amide bonds. The summed E-state index contributed by atoms with van der Waals surface area (Å²) in [6.07, 6.45) is 2.07. The van der Waals surface area contributed by atoms with Gasteiger partial charge in [0.1, 0.15) is 0 Å². The quantitative estimate of drug-likeness (QED) is 0.577. The predicted molar refractivity (Wildman–Crippen MR) is 85.6 cm³/mol. The van der Waals surface area contributed by atoms with Gasteiger partial charge < -0.3 is 14.8 Å². The standard InChI is InChI=1S/C16H21NO5S/c1-11-4-6-14(23-11)13(18)5-7-16(20)22-10-15(19)17-9-12-3-2-8-21-12/h4,6,12H,2-3,5,7-10H2,1H3,(H,17,19)/t12-/m0/s1. The predicted octanol–water partition coefficient (Wildman–Crippen LogP) is 1.86. The maximum absolute atomic E-state index is 11.9. The van der Waals surface area contributed by atoms with E-state index in [9.17, 15) is 14.4 Å². The molecule has 2 rings (SSSR count). The van der Waals surface area contributed by atoms with Crippen molar-refractivity contribution in [1.29, 1.82) is 0 Å². The smallest absolute Gasteiger partial charge is 0.306 e. The lowest BCUT2D eigenvalue weighted by Gasteiger charge is -2.10. The van der Waals surface area contributed by atoms with E-state index in [0.29, 0.717) is 11.4 Å². The lowest BCUT2D eigenvalue weighted by Crippen LogP contribution is -2.34. The Morgan fingerprint density at radius 3 is 2.83 bits per heavy atom. The number of aryl methyl sites for hydroxylation is 1. The first-order chi connectivity index (χ1) is 11.0. The van der Waals surface area contributed by atoms with Gasteiger partial charge in [0.05, 0.1) is 17.4 Å². The minimum atomic E-state index is -0.543. The fourth-order valence-electron chi connectivity index (χ4n) is 2.23. The van der Waals surface area contributed by atoms with Crippen LogP contribution in [0.1, 0.15) is 40.2 Å². The number of carbonyl (C=O) groups excluding carboxylic acids is 3. The van der Waals surface area contributed by atoms with Gasteiger partial charge in [-0.2, -0.15) is 0 Å². The maximum atomic E-state index is 11.9. The molecule has 0 aliphatic carbocycles.